The molecule has 6 heteroatoms. The number of hydrogen-bond acceptors (Lipinski definition) is 4. The summed E-state index contributed by atoms with van der Waals surface area (Å²) < 4.78 is 5.83. The summed E-state index contributed by atoms with van der Waals surface area (Å²) in [6, 6.07) is 5.09. The summed E-state index contributed by atoms with van der Waals surface area (Å²) in [4.78, 5) is 13.9. The van der Waals surface area contributed by atoms with Crippen molar-refractivity contribution >= 4 is 21.8 Å². The molecule has 2 N–H and O–H groups in total. The van der Waals surface area contributed by atoms with Crippen LogP contribution >= 0.6 is 15.9 Å². The van der Waals surface area contributed by atoms with E-state index in [2.05, 4.69) is 21.2 Å². The first-order chi connectivity index (χ1) is 9.25. The van der Waals surface area contributed by atoms with Crippen LogP contribution in [0, 0.1) is 0 Å². The lowest BCUT2D eigenvalue weighted by Crippen LogP contribution is -2.47. The molecule has 0 saturated heterocycles. The Balaban J connectivity index is 2.65. The van der Waals surface area contributed by atoms with Gasteiger partial charge in [-0.25, -0.2) is 0 Å². The Kier molecular flexibility index (Phi) is 5.98. The molecule has 0 aliphatic rings. The van der Waals surface area contributed by atoms with Gasteiger partial charge in [0.1, 0.15) is 5.75 Å². The Labute approximate surface area is 128 Å². The lowest BCUT2D eigenvalue weighted by molar-refractivity contribution is 0.0326. The Morgan fingerprint density at radius 3 is 2.65 bits per heavy atom. The summed E-state index contributed by atoms with van der Waals surface area (Å²) in [6.45, 7) is 2.35. The minimum absolute atomic E-state index is 0.188. The number of likely N-dealkylation sites (N-methyl/N-ethyl adjacent to an activating group) is 1. The normalized spacial score (nSPS) is 13.9. The maximum atomic E-state index is 12.0. The number of aliphatic hydroxyl groups is 1. The highest BCUT2D eigenvalue weighted by Gasteiger charge is 2.22. The number of ether oxygens (including phenoxy) is 1. The Hall–Kier alpha value is -1.11. The quantitative estimate of drug-likeness (QED) is 0.820. The van der Waals surface area contributed by atoms with Crippen LogP contribution in [0.4, 0.5) is 0 Å². The second-order valence-electron chi connectivity index (χ2n) is 5.27. The molecule has 0 fully saturated rings. The summed E-state index contributed by atoms with van der Waals surface area (Å²) in [5.74, 6) is 0.438. The number of carbonyl (C=O) groups excluding carboxylic acids is 1. The van der Waals surface area contributed by atoms with E-state index >= 15 is 0 Å². The smallest absolute Gasteiger partial charge is 0.251 e. The van der Waals surface area contributed by atoms with Crippen molar-refractivity contribution in [2.24, 2.45) is 0 Å². The molecular formula is C14H21BrN2O3. The van der Waals surface area contributed by atoms with Gasteiger partial charge in [0.15, 0.2) is 0 Å². The molecule has 0 heterocycles. The molecule has 0 aromatic heterocycles. The van der Waals surface area contributed by atoms with Crippen molar-refractivity contribution < 1.29 is 14.6 Å². The molecule has 112 valence electrons. The molecule has 1 atom stereocenters. The molecule has 20 heavy (non-hydrogen) atoms. The number of benzene rings is 1. The molecule has 0 radical (unpaired) electrons. The molecule has 1 rings (SSSR count). The van der Waals surface area contributed by atoms with Crippen LogP contribution in [-0.2, 0) is 0 Å². The average molecular weight is 345 g/mol. The zero-order valence-corrected chi connectivity index (χ0v) is 13.8. The van der Waals surface area contributed by atoms with Gasteiger partial charge in [0.25, 0.3) is 5.91 Å². The van der Waals surface area contributed by atoms with E-state index in [1.807, 2.05) is 19.0 Å². The lowest BCUT2D eigenvalue weighted by Gasteiger charge is -2.27. The minimum atomic E-state index is -0.969. The SMILES string of the molecule is COc1ccc(C(=O)NCC(C)(O)CN(C)C)cc1Br. The fraction of sp³-hybridized carbons (Fsp3) is 0.500. The third kappa shape index (κ3) is 5.11. The van der Waals surface area contributed by atoms with Gasteiger partial charge in [0.2, 0.25) is 0 Å². The predicted octanol–water partition coefficient (Wildman–Crippen LogP) is 1.50. The van der Waals surface area contributed by atoms with E-state index in [0.29, 0.717) is 22.3 Å². The van der Waals surface area contributed by atoms with Crippen LogP contribution in [0.15, 0.2) is 22.7 Å². The van der Waals surface area contributed by atoms with Crippen molar-refractivity contribution in [2.45, 2.75) is 12.5 Å². The molecular weight excluding hydrogens is 324 g/mol. The van der Waals surface area contributed by atoms with Gasteiger partial charge in [-0.15, -0.1) is 0 Å². The van der Waals surface area contributed by atoms with Crippen LogP contribution < -0.4 is 10.1 Å². The fourth-order valence-electron chi connectivity index (χ4n) is 1.92. The van der Waals surface area contributed by atoms with Gasteiger partial charge >= 0.3 is 0 Å². The van der Waals surface area contributed by atoms with Gasteiger partial charge in [0, 0.05) is 18.7 Å². The summed E-state index contributed by atoms with van der Waals surface area (Å²) in [7, 11) is 5.31. The van der Waals surface area contributed by atoms with Crippen molar-refractivity contribution in [3.05, 3.63) is 28.2 Å². The zero-order chi connectivity index (χ0) is 15.3. The maximum Gasteiger partial charge on any atom is 0.251 e. The van der Waals surface area contributed by atoms with Gasteiger partial charge in [-0.3, -0.25) is 4.79 Å². The number of carbonyl (C=O) groups is 1. The topological polar surface area (TPSA) is 61.8 Å². The molecule has 1 aromatic rings. The van der Waals surface area contributed by atoms with Crippen LogP contribution in [0.25, 0.3) is 0 Å². The summed E-state index contributed by atoms with van der Waals surface area (Å²) in [5.41, 5.74) is -0.457. The maximum absolute atomic E-state index is 12.0. The highest BCUT2D eigenvalue weighted by molar-refractivity contribution is 9.10. The van der Waals surface area contributed by atoms with E-state index < -0.39 is 5.60 Å². The third-order valence-electron chi connectivity index (χ3n) is 2.70. The molecule has 1 unspecified atom stereocenters. The third-order valence-corrected chi connectivity index (χ3v) is 3.32. The number of nitrogens with zero attached hydrogens (tertiary/aromatic N) is 1. The number of amides is 1. The van der Waals surface area contributed by atoms with Crippen LogP contribution in [0.1, 0.15) is 17.3 Å². The number of nitrogens with one attached hydrogen (secondary N) is 1. The van der Waals surface area contributed by atoms with E-state index in [1.165, 1.54) is 0 Å². The molecule has 1 aromatic carbocycles. The Bertz CT molecular complexity index is 475. The highest BCUT2D eigenvalue weighted by atomic mass is 79.9. The van der Waals surface area contributed by atoms with E-state index in [4.69, 9.17) is 4.74 Å². The molecule has 1 amide bonds. The van der Waals surface area contributed by atoms with E-state index in [-0.39, 0.29) is 12.5 Å². The summed E-state index contributed by atoms with van der Waals surface area (Å²) in [6.07, 6.45) is 0. The van der Waals surface area contributed by atoms with E-state index in [1.54, 1.807) is 32.2 Å². The molecule has 0 spiro atoms. The second-order valence-corrected chi connectivity index (χ2v) is 6.12. The van der Waals surface area contributed by atoms with E-state index in [9.17, 15) is 9.90 Å². The van der Waals surface area contributed by atoms with Gasteiger partial charge in [0.05, 0.1) is 17.2 Å². The fourth-order valence-corrected chi connectivity index (χ4v) is 2.46. The highest BCUT2D eigenvalue weighted by Crippen LogP contribution is 2.25. The number of rotatable bonds is 6. The minimum Gasteiger partial charge on any atom is -0.496 e. The Morgan fingerprint density at radius 2 is 2.15 bits per heavy atom. The van der Waals surface area contributed by atoms with Crippen LogP contribution in [0.5, 0.6) is 5.75 Å². The second kappa shape index (κ2) is 7.06. The summed E-state index contributed by atoms with van der Waals surface area (Å²) in [5, 5.41) is 12.9. The van der Waals surface area contributed by atoms with Crippen LogP contribution in [-0.4, -0.2) is 55.8 Å². The van der Waals surface area contributed by atoms with Gasteiger partial charge in [-0.05, 0) is 55.1 Å². The van der Waals surface area contributed by atoms with Crippen LogP contribution in [0.3, 0.4) is 0 Å². The predicted molar refractivity (Wildman–Crippen MR) is 82.2 cm³/mol. The van der Waals surface area contributed by atoms with Crippen molar-refractivity contribution in [1.29, 1.82) is 0 Å². The molecule has 5 nitrogen and oxygen atoms in total. The van der Waals surface area contributed by atoms with Crippen molar-refractivity contribution in [2.75, 3.05) is 34.3 Å². The first kappa shape index (κ1) is 16.9. The van der Waals surface area contributed by atoms with Gasteiger partial charge in [-0.2, -0.15) is 0 Å². The van der Waals surface area contributed by atoms with Gasteiger partial charge in [-0.1, -0.05) is 0 Å². The molecule has 0 aliphatic carbocycles. The number of halogens is 1. The van der Waals surface area contributed by atoms with Crippen LogP contribution in [0.2, 0.25) is 0 Å². The van der Waals surface area contributed by atoms with Gasteiger partial charge < -0.3 is 20.1 Å². The standard InChI is InChI=1S/C14H21BrN2O3/c1-14(19,9-17(2)3)8-16-13(18)10-5-6-12(20-4)11(15)7-10/h5-7,19H,8-9H2,1-4H3,(H,16,18). The largest absolute Gasteiger partial charge is 0.496 e. The average Bonchev–Trinajstić information content (AvgIpc) is 2.34. The molecule has 0 saturated carbocycles. The number of methoxy groups -OCH3 is 1. The Morgan fingerprint density at radius 1 is 1.50 bits per heavy atom. The van der Waals surface area contributed by atoms with Crippen molar-refractivity contribution in [3.63, 3.8) is 0 Å². The van der Waals surface area contributed by atoms with Crippen molar-refractivity contribution in [1.82, 2.24) is 10.2 Å². The molecule has 0 aliphatic heterocycles. The van der Waals surface area contributed by atoms with Crippen molar-refractivity contribution in [3.8, 4) is 5.75 Å². The molecule has 0 bridgehead atoms. The van der Waals surface area contributed by atoms with E-state index in [0.717, 1.165) is 0 Å². The first-order valence-corrected chi connectivity index (χ1v) is 7.03. The number of hydrogen-bond donors (Lipinski definition) is 2. The lowest BCUT2D eigenvalue weighted by atomic mass is 10.1. The first-order valence-electron chi connectivity index (χ1n) is 6.24. The monoisotopic (exact) mass is 344 g/mol. The summed E-state index contributed by atoms with van der Waals surface area (Å²) >= 11 is 3.34. The zero-order valence-electron chi connectivity index (χ0n) is 12.2.